The van der Waals surface area contributed by atoms with Gasteiger partial charge in [0.1, 0.15) is 5.82 Å². The Morgan fingerprint density at radius 1 is 1.00 bits per heavy atom. The first kappa shape index (κ1) is 32.4. The van der Waals surface area contributed by atoms with E-state index in [1.165, 1.54) is 28.8 Å². The van der Waals surface area contributed by atoms with Crippen molar-refractivity contribution in [2.45, 2.75) is 92.6 Å². The molecule has 5 rings (SSSR count). The van der Waals surface area contributed by atoms with Gasteiger partial charge in [0.05, 0.1) is 17.7 Å². The second-order valence-electron chi connectivity index (χ2n) is 13.9. The number of benzene rings is 2. The molecule has 0 saturated carbocycles. The number of aliphatic carboxylic acids is 1. The summed E-state index contributed by atoms with van der Waals surface area (Å²) in [6.45, 7) is 15.7. The lowest BCUT2D eigenvalue weighted by molar-refractivity contribution is -0.136. The Morgan fingerprint density at radius 2 is 1.63 bits per heavy atom. The normalized spacial score (nSPS) is 17.2. The van der Waals surface area contributed by atoms with E-state index in [9.17, 15) is 14.3 Å². The number of fused-ring (bicyclic) bond motifs is 1. The van der Waals surface area contributed by atoms with Crippen LogP contribution in [0.15, 0.2) is 48.0 Å². The molecule has 43 heavy (non-hydrogen) atoms. The van der Waals surface area contributed by atoms with Gasteiger partial charge >= 0.3 is 5.97 Å². The number of allylic oxidation sites excluding steroid dienone is 1. The van der Waals surface area contributed by atoms with Gasteiger partial charge in [-0.1, -0.05) is 55.8 Å². The predicted molar refractivity (Wildman–Crippen MR) is 174 cm³/mol. The molecule has 230 valence electrons. The molecule has 1 saturated heterocycles. The number of rotatable bonds is 5. The minimum Gasteiger partial charge on any atom is -0.481 e. The minimum absolute atomic E-state index is 0.0240. The lowest BCUT2D eigenvalue weighted by Gasteiger charge is -2.40. The molecule has 3 aromatic rings. The number of carboxylic acid groups (broad SMARTS) is 1. The highest BCUT2D eigenvalue weighted by Gasteiger charge is 2.30. The Hall–Kier alpha value is -3.51. The molecule has 2 aromatic carbocycles. The number of carboxylic acids is 1. The second-order valence-corrected chi connectivity index (χ2v) is 13.9. The van der Waals surface area contributed by atoms with E-state index in [2.05, 4.69) is 43.0 Å². The Labute approximate surface area is 256 Å². The molecular formula is C37H47FN2O3. The highest BCUT2D eigenvalue weighted by Crippen LogP contribution is 2.42. The molecule has 1 fully saturated rings. The summed E-state index contributed by atoms with van der Waals surface area (Å²) >= 11 is 0. The molecule has 0 radical (unpaired) electrons. The van der Waals surface area contributed by atoms with E-state index >= 15 is 0 Å². The number of pyridine rings is 1. The summed E-state index contributed by atoms with van der Waals surface area (Å²) < 4.78 is 13.3. The Balaban J connectivity index is 0.000000782. The zero-order valence-corrected chi connectivity index (χ0v) is 26.9. The zero-order valence-electron chi connectivity index (χ0n) is 26.9. The van der Waals surface area contributed by atoms with Crippen LogP contribution in [0.1, 0.15) is 87.5 Å². The third-order valence-corrected chi connectivity index (χ3v) is 8.29. The number of aliphatic hydroxyl groups is 1. The molecule has 0 spiro atoms. The van der Waals surface area contributed by atoms with E-state index in [1.54, 1.807) is 20.8 Å². The molecule has 5 nitrogen and oxygen atoms in total. The van der Waals surface area contributed by atoms with Crippen molar-refractivity contribution in [3.8, 4) is 11.1 Å². The third-order valence-electron chi connectivity index (χ3n) is 8.29. The van der Waals surface area contributed by atoms with Crippen molar-refractivity contribution in [1.82, 2.24) is 4.98 Å². The van der Waals surface area contributed by atoms with Gasteiger partial charge in [0.25, 0.3) is 0 Å². The van der Waals surface area contributed by atoms with E-state index in [-0.39, 0.29) is 12.2 Å². The van der Waals surface area contributed by atoms with Crippen LogP contribution in [0.25, 0.3) is 17.2 Å². The summed E-state index contributed by atoms with van der Waals surface area (Å²) in [6, 6.07) is 13.4. The molecular weight excluding hydrogens is 539 g/mol. The predicted octanol–water partition coefficient (Wildman–Crippen LogP) is 8.11. The first-order valence-corrected chi connectivity index (χ1v) is 15.4. The number of carbonyl (C=O) groups is 1. The summed E-state index contributed by atoms with van der Waals surface area (Å²) in [5, 5.41) is 18.3. The summed E-state index contributed by atoms with van der Waals surface area (Å²) in [6.07, 6.45) is 7.11. The van der Waals surface area contributed by atoms with Crippen molar-refractivity contribution >= 4 is 17.7 Å². The quantitative estimate of drug-likeness (QED) is 0.316. The van der Waals surface area contributed by atoms with Crippen molar-refractivity contribution in [1.29, 1.82) is 0 Å². The van der Waals surface area contributed by atoms with Gasteiger partial charge in [-0.2, -0.15) is 0 Å². The molecule has 1 aromatic heterocycles. The van der Waals surface area contributed by atoms with Crippen LogP contribution in [0.5, 0.6) is 0 Å². The van der Waals surface area contributed by atoms with E-state index in [0.29, 0.717) is 5.41 Å². The van der Waals surface area contributed by atoms with E-state index < -0.39 is 11.6 Å². The van der Waals surface area contributed by atoms with Gasteiger partial charge in [-0.15, -0.1) is 0 Å². The van der Waals surface area contributed by atoms with E-state index in [0.717, 1.165) is 84.5 Å². The first-order chi connectivity index (χ1) is 20.1. The van der Waals surface area contributed by atoms with Gasteiger partial charge in [-0.05, 0) is 107 Å². The van der Waals surface area contributed by atoms with Crippen LogP contribution in [-0.4, -0.2) is 39.9 Å². The maximum absolute atomic E-state index is 13.3. The fourth-order valence-electron chi connectivity index (χ4n) is 5.99. The Bertz CT molecular complexity index is 1480. The average Bonchev–Trinajstić information content (AvgIpc) is 2.90. The van der Waals surface area contributed by atoms with E-state index in [1.807, 2.05) is 26.0 Å². The van der Waals surface area contributed by atoms with Gasteiger partial charge < -0.3 is 15.1 Å². The third kappa shape index (κ3) is 8.76. The summed E-state index contributed by atoms with van der Waals surface area (Å²) in [5.41, 5.74) is 10.7. The molecule has 1 aliphatic heterocycles. The largest absolute Gasteiger partial charge is 0.481 e. The number of anilines is 1. The van der Waals surface area contributed by atoms with Crippen molar-refractivity contribution in [3.63, 3.8) is 0 Å². The maximum atomic E-state index is 13.3. The first-order valence-electron chi connectivity index (χ1n) is 15.4. The number of hydrogen-bond donors (Lipinski definition) is 2. The van der Waals surface area contributed by atoms with Crippen LogP contribution in [0, 0.1) is 25.1 Å². The van der Waals surface area contributed by atoms with Gasteiger partial charge in [0, 0.05) is 35.6 Å². The molecule has 0 atom stereocenters. The summed E-state index contributed by atoms with van der Waals surface area (Å²) in [7, 11) is 0. The second kappa shape index (κ2) is 13.0. The van der Waals surface area contributed by atoms with Crippen LogP contribution >= 0.6 is 0 Å². The maximum Gasteiger partial charge on any atom is 0.307 e. The van der Waals surface area contributed by atoms with Crippen LogP contribution in [0.3, 0.4) is 0 Å². The van der Waals surface area contributed by atoms with Crippen LogP contribution < -0.4 is 4.90 Å². The van der Waals surface area contributed by atoms with Gasteiger partial charge in [0.2, 0.25) is 0 Å². The van der Waals surface area contributed by atoms with Crippen molar-refractivity contribution in [2.24, 2.45) is 5.41 Å². The van der Waals surface area contributed by atoms with Crippen LogP contribution in [-0.2, 0) is 24.1 Å². The van der Waals surface area contributed by atoms with Gasteiger partial charge in [-0.3, -0.25) is 9.78 Å². The number of hydrogen-bond acceptors (Lipinski definition) is 4. The number of halogens is 1. The lowest BCUT2D eigenvalue weighted by Crippen LogP contribution is -2.38. The topological polar surface area (TPSA) is 73.7 Å². The fourth-order valence-corrected chi connectivity index (χ4v) is 5.99. The van der Waals surface area contributed by atoms with Gasteiger partial charge in [-0.25, -0.2) is 4.39 Å². The van der Waals surface area contributed by atoms with E-state index in [4.69, 9.17) is 10.1 Å². The molecule has 2 N–H and O–H groups in total. The number of nitrogens with zero attached hydrogens (tertiary/aromatic N) is 2. The molecule has 6 heteroatoms. The minimum atomic E-state index is -0.825. The summed E-state index contributed by atoms with van der Waals surface area (Å²) in [4.78, 5) is 19.1. The number of aryl methyl sites for hydroxylation is 3. The lowest BCUT2D eigenvalue weighted by atomic mass is 9.81. The Morgan fingerprint density at radius 3 is 2.23 bits per heavy atom. The molecule has 2 aliphatic rings. The fraction of sp³-hybridized carbons (Fsp3) is 0.459. The highest BCUT2D eigenvalue weighted by atomic mass is 19.1. The number of piperidine rings is 1. The smallest absolute Gasteiger partial charge is 0.307 e. The summed E-state index contributed by atoms with van der Waals surface area (Å²) in [5.74, 6) is -1.04. The monoisotopic (exact) mass is 586 g/mol. The van der Waals surface area contributed by atoms with Crippen LogP contribution in [0.2, 0.25) is 0 Å². The molecule has 2 heterocycles. The van der Waals surface area contributed by atoms with Crippen molar-refractivity contribution < 1.29 is 19.4 Å². The molecule has 0 bridgehead atoms. The molecule has 1 aliphatic carbocycles. The molecule has 0 amide bonds. The molecule has 0 unspecified atom stereocenters. The average molecular weight is 587 g/mol. The van der Waals surface area contributed by atoms with Crippen LogP contribution in [0.4, 0.5) is 10.1 Å². The van der Waals surface area contributed by atoms with Gasteiger partial charge in [0.15, 0.2) is 0 Å². The zero-order chi connectivity index (χ0) is 31.5. The Kier molecular flexibility index (Phi) is 9.80. The SMILES string of the molecule is CC(C)(C)O.Cc1nc(C)c(-c2ccc3c(c2)CC/C(=C\c2ccc(F)cc2)C3)c(N2CCC(C)(C)CC2)c1CC(=O)O. The van der Waals surface area contributed by atoms with Crippen molar-refractivity contribution in [2.75, 3.05) is 18.0 Å². The standard InChI is InChI=1S/C33H37FN2O2.C4H10O/c1-21-29(20-30(37)38)32(36-15-13-33(3,4)14-16-36)31(22(2)35-21)27-10-9-25-18-24(5-8-26(25)19-27)17-23-6-11-28(34)12-7-23;1-4(2,3)5/h6-7,9-12,17,19H,5,8,13-16,18,20H2,1-4H3,(H,37,38);5H,1-3H3/b24-17+;. The van der Waals surface area contributed by atoms with Crippen molar-refractivity contribution in [3.05, 3.63) is 87.5 Å². The highest BCUT2D eigenvalue weighted by molar-refractivity contribution is 5.86. The number of aromatic nitrogens is 1.